The van der Waals surface area contributed by atoms with E-state index in [1.165, 1.54) is 0 Å². The Kier molecular flexibility index (Phi) is 3.06. The number of rotatable bonds is 2. The van der Waals surface area contributed by atoms with Crippen molar-refractivity contribution in [2.45, 2.75) is 20.0 Å². The second-order valence-electron chi connectivity index (χ2n) is 4.75. The molecule has 7 heteroatoms. The van der Waals surface area contributed by atoms with Crippen molar-refractivity contribution in [2.24, 2.45) is 7.05 Å². The van der Waals surface area contributed by atoms with Gasteiger partial charge in [0.1, 0.15) is 11.4 Å². The zero-order valence-electron chi connectivity index (χ0n) is 11.8. The molecule has 0 unspecified atom stereocenters. The third-order valence-corrected chi connectivity index (χ3v) is 3.44. The van der Waals surface area contributed by atoms with Gasteiger partial charge in [0.15, 0.2) is 5.82 Å². The molecule has 3 heterocycles. The highest BCUT2D eigenvalue weighted by Crippen LogP contribution is 2.32. The SMILES string of the molecule is COc1c(-c2nc(N)c3c(n2)CCOC3)c(C)nn1C. The molecule has 3 rings (SSSR count). The smallest absolute Gasteiger partial charge is 0.222 e. The Balaban J connectivity index is 2.18. The van der Waals surface area contributed by atoms with E-state index in [0.717, 1.165) is 28.9 Å². The van der Waals surface area contributed by atoms with Gasteiger partial charge in [-0.05, 0) is 6.92 Å². The molecule has 2 N–H and O–H groups in total. The Morgan fingerprint density at radius 2 is 2.15 bits per heavy atom. The Hall–Kier alpha value is -2.15. The van der Waals surface area contributed by atoms with Crippen molar-refractivity contribution in [3.63, 3.8) is 0 Å². The molecule has 2 aromatic rings. The minimum absolute atomic E-state index is 0.468. The molecule has 1 aliphatic rings. The molecule has 0 amide bonds. The van der Waals surface area contributed by atoms with E-state index in [2.05, 4.69) is 15.1 Å². The molecule has 0 saturated carbocycles. The molecule has 0 aliphatic carbocycles. The third kappa shape index (κ3) is 1.90. The van der Waals surface area contributed by atoms with Crippen molar-refractivity contribution in [2.75, 3.05) is 19.5 Å². The predicted molar refractivity (Wildman–Crippen MR) is 73.3 cm³/mol. The van der Waals surface area contributed by atoms with Crippen molar-refractivity contribution >= 4 is 5.82 Å². The number of aryl methyl sites for hydroxylation is 2. The zero-order valence-corrected chi connectivity index (χ0v) is 11.8. The van der Waals surface area contributed by atoms with E-state index in [1.807, 2.05) is 14.0 Å². The van der Waals surface area contributed by atoms with Gasteiger partial charge in [-0.2, -0.15) is 5.10 Å². The first-order valence-corrected chi connectivity index (χ1v) is 6.42. The maximum Gasteiger partial charge on any atom is 0.222 e. The topological polar surface area (TPSA) is 88.1 Å². The van der Waals surface area contributed by atoms with Gasteiger partial charge in [-0.25, -0.2) is 14.6 Å². The van der Waals surface area contributed by atoms with Gasteiger partial charge in [-0.15, -0.1) is 0 Å². The molecular formula is C13H17N5O2. The van der Waals surface area contributed by atoms with E-state index < -0.39 is 0 Å². The number of nitrogen functional groups attached to an aromatic ring is 1. The lowest BCUT2D eigenvalue weighted by Gasteiger charge is -2.17. The van der Waals surface area contributed by atoms with Crippen LogP contribution in [0.15, 0.2) is 0 Å². The van der Waals surface area contributed by atoms with E-state index in [0.29, 0.717) is 30.7 Å². The zero-order chi connectivity index (χ0) is 14.3. The number of methoxy groups -OCH3 is 1. The first kappa shape index (κ1) is 12.9. The number of nitrogens with zero attached hydrogens (tertiary/aromatic N) is 4. The highest BCUT2D eigenvalue weighted by Gasteiger charge is 2.22. The summed E-state index contributed by atoms with van der Waals surface area (Å²) < 4.78 is 12.5. The summed E-state index contributed by atoms with van der Waals surface area (Å²) in [5, 5.41) is 4.35. The fourth-order valence-electron chi connectivity index (χ4n) is 2.50. The standard InChI is InChI=1S/C13H17N5O2/c1-7-10(13(19-3)18(2)17-7)12-15-9-4-5-20-6-8(9)11(14)16-12/h4-6H2,1-3H3,(H2,14,15,16). The average molecular weight is 275 g/mol. The number of ether oxygens (including phenoxy) is 2. The van der Waals surface area contributed by atoms with E-state index in [9.17, 15) is 0 Å². The molecule has 2 aromatic heterocycles. The number of aromatic nitrogens is 4. The molecule has 0 aromatic carbocycles. The maximum atomic E-state index is 6.03. The molecule has 0 bridgehead atoms. The van der Waals surface area contributed by atoms with Crippen LogP contribution in [0.1, 0.15) is 17.0 Å². The number of fused-ring (bicyclic) bond motifs is 1. The van der Waals surface area contributed by atoms with Crippen molar-refractivity contribution in [3.8, 4) is 17.3 Å². The van der Waals surface area contributed by atoms with Gasteiger partial charge in [0.25, 0.3) is 0 Å². The summed E-state index contributed by atoms with van der Waals surface area (Å²) >= 11 is 0. The van der Waals surface area contributed by atoms with E-state index in [-0.39, 0.29) is 0 Å². The molecule has 0 spiro atoms. The molecular weight excluding hydrogens is 258 g/mol. The van der Waals surface area contributed by atoms with Crippen LogP contribution in [0.2, 0.25) is 0 Å². The normalized spacial score (nSPS) is 14.2. The van der Waals surface area contributed by atoms with Gasteiger partial charge in [0.2, 0.25) is 5.88 Å². The monoisotopic (exact) mass is 275 g/mol. The second kappa shape index (κ2) is 4.75. The van der Waals surface area contributed by atoms with E-state index in [4.69, 9.17) is 15.2 Å². The van der Waals surface area contributed by atoms with Gasteiger partial charge in [0, 0.05) is 19.0 Å². The third-order valence-electron chi connectivity index (χ3n) is 3.44. The van der Waals surface area contributed by atoms with Crippen LogP contribution in [-0.2, 0) is 24.8 Å². The lowest BCUT2D eigenvalue weighted by molar-refractivity contribution is 0.109. The summed E-state index contributed by atoms with van der Waals surface area (Å²) in [5.74, 6) is 1.66. The van der Waals surface area contributed by atoms with Gasteiger partial charge < -0.3 is 15.2 Å². The Morgan fingerprint density at radius 1 is 1.35 bits per heavy atom. The summed E-state index contributed by atoms with van der Waals surface area (Å²) in [6.45, 7) is 3.04. The summed E-state index contributed by atoms with van der Waals surface area (Å²) in [6, 6.07) is 0. The summed E-state index contributed by atoms with van der Waals surface area (Å²) in [5.41, 5.74) is 9.47. The average Bonchev–Trinajstić information content (AvgIpc) is 2.72. The number of hydrogen-bond donors (Lipinski definition) is 1. The molecule has 20 heavy (non-hydrogen) atoms. The molecule has 0 atom stereocenters. The van der Waals surface area contributed by atoms with Crippen LogP contribution in [0.25, 0.3) is 11.4 Å². The first-order chi connectivity index (χ1) is 9.61. The Bertz CT molecular complexity index is 665. The van der Waals surface area contributed by atoms with Crippen molar-refractivity contribution in [3.05, 3.63) is 17.0 Å². The minimum Gasteiger partial charge on any atom is -0.481 e. The molecule has 0 radical (unpaired) electrons. The highest BCUT2D eigenvalue weighted by molar-refractivity contribution is 5.67. The van der Waals surface area contributed by atoms with Crippen LogP contribution in [0.3, 0.4) is 0 Å². The van der Waals surface area contributed by atoms with Crippen molar-refractivity contribution in [1.82, 2.24) is 19.7 Å². The lowest BCUT2D eigenvalue weighted by Crippen LogP contribution is -2.16. The first-order valence-electron chi connectivity index (χ1n) is 6.42. The number of hydrogen-bond acceptors (Lipinski definition) is 6. The second-order valence-corrected chi connectivity index (χ2v) is 4.75. The fourth-order valence-corrected chi connectivity index (χ4v) is 2.50. The van der Waals surface area contributed by atoms with Gasteiger partial charge >= 0.3 is 0 Å². The van der Waals surface area contributed by atoms with Crippen LogP contribution in [0.5, 0.6) is 5.88 Å². The molecule has 106 valence electrons. The fraction of sp³-hybridized carbons (Fsp3) is 0.462. The molecule has 0 fully saturated rings. The molecule has 1 aliphatic heterocycles. The quantitative estimate of drug-likeness (QED) is 0.874. The molecule has 0 saturated heterocycles. The van der Waals surface area contributed by atoms with Gasteiger partial charge in [-0.1, -0.05) is 0 Å². The van der Waals surface area contributed by atoms with Crippen LogP contribution < -0.4 is 10.5 Å². The Morgan fingerprint density at radius 3 is 2.90 bits per heavy atom. The number of anilines is 1. The predicted octanol–water partition coefficient (Wildman–Crippen LogP) is 0.849. The van der Waals surface area contributed by atoms with Gasteiger partial charge in [-0.3, -0.25) is 0 Å². The number of nitrogens with two attached hydrogens (primary N) is 1. The summed E-state index contributed by atoms with van der Waals surface area (Å²) in [7, 11) is 3.43. The van der Waals surface area contributed by atoms with Gasteiger partial charge in [0.05, 0.1) is 31.7 Å². The van der Waals surface area contributed by atoms with Crippen LogP contribution in [-0.4, -0.2) is 33.5 Å². The molecule has 7 nitrogen and oxygen atoms in total. The maximum absolute atomic E-state index is 6.03. The minimum atomic E-state index is 0.468. The highest BCUT2D eigenvalue weighted by atomic mass is 16.5. The van der Waals surface area contributed by atoms with Crippen molar-refractivity contribution < 1.29 is 9.47 Å². The van der Waals surface area contributed by atoms with E-state index in [1.54, 1.807) is 11.8 Å². The summed E-state index contributed by atoms with van der Waals surface area (Å²) in [4.78, 5) is 9.02. The Labute approximate surface area is 116 Å². The summed E-state index contributed by atoms with van der Waals surface area (Å²) in [6.07, 6.45) is 0.747. The van der Waals surface area contributed by atoms with E-state index >= 15 is 0 Å². The van der Waals surface area contributed by atoms with Crippen LogP contribution in [0, 0.1) is 6.92 Å². The van der Waals surface area contributed by atoms with Crippen LogP contribution >= 0.6 is 0 Å². The largest absolute Gasteiger partial charge is 0.481 e. The van der Waals surface area contributed by atoms with Crippen LogP contribution in [0.4, 0.5) is 5.82 Å². The lowest BCUT2D eigenvalue weighted by atomic mass is 10.1. The van der Waals surface area contributed by atoms with Crippen molar-refractivity contribution in [1.29, 1.82) is 0 Å².